The predicted octanol–water partition coefficient (Wildman–Crippen LogP) is 0.275. The van der Waals surface area contributed by atoms with Crippen molar-refractivity contribution < 1.29 is 14.4 Å². The van der Waals surface area contributed by atoms with E-state index in [0.29, 0.717) is 19.4 Å². The molecule has 0 aromatic carbocycles. The van der Waals surface area contributed by atoms with Gasteiger partial charge in [0.25, 0.3) is 5.91 Å². The van der Waals surface area contributed by atoms with Crippen molar-refractivity contribution >= 4 is 17.8 Å². The molecule has 126 valence electrons. The molecule has 7 heteroatoms. The van der Waals surface area contributed by atoms with Gasteiger partial charge in [0.05, 0.1) is 0 Å². The first-order chi connectivity index (χ1) is 11.0. The molecule has 7 nitrogen and oxygen atoms in total. The molecule has 2 aliphatic heterocycles. The van der Waals surface area contributed by atoms with Gasteiger partial charge in [-0.05, 0) is 32.7 Å². The van der Waals surface area contributed by atoms with E-state index in [-0.39, 0.29) is 11.8 Å². The highest BCUT2D eigenvalue weighted by Gasteiger charge is 2.54. The van der Waals surface area contributed by atoms with Gasteiger partial charge in [0, 0.05) is 13.1 Å². The lowest BCUT2D eigenvalue weighted by Gasteiger charge is -2.24. The Balaban J connectivity index is 1.61. The Kier molecular flexibility index (Phi) is 4.39. The number of urea groups is 1. The maximum absolute atomic E-state index is 12.6. The zero-order chi connectivity index (χ0) is 16.4. The zero-order valence-electron chi connectivity index (χ0n) is 13.5. The first-order valence-electron chi connectivity index (χ1n) is 8.36. The van der Waals surface area contributed by atoms with Crippen molar-refractivity contribution in [2.24, 2.45) is 0 Å². The Labute approximate surface area is 135 Å². The second-order valence-corrected chi connectivity index (χ2v) is 6.60. The number of imide groups is 1. The molecular weight excluding hydrogens is 296 g/mol. The fraction of sp³-hybridized carbons (Fsp3) is 0.688. The lowest BCUT2D eigenvalue weighted by atomic mass is 9.97. The molecule has 23 heavy (non-hydrogen) atoms. The van der Waals surface area contributed by atoms with E-state index >= 15 is 0 Å². The second kappa shape index (κ2) is 6.31. The average molecular weight is 320 g/mol. The summed E-state index contributed by atoms with van der Waals surface area (Å²) in [4.78, 5) is 38.3. The largest absolute Gasteiger partial charge is 0.351 e. The topological polar surface area (TPSA) is 90.5 Å². The van der Waals surface area contributed by atoms with Crippen LogP contribution < -0.4 is 16.0 Å². The average Bonchev–Trinajstić information content (AvgIpc) is 3.11. The molecule has 3 rings (SSSR count). The van der Waals surface area contributed by atoms with Crippen LogP contribution in [0.3, 0.4) is 0 Å². The number of nitrogens with zero attached hydrogens (tertiary/aromatic N) is 1. The molecule has 1 saturated carbocycles. The van der Waals surface area contributed by atoms with Crippen molar-refractivity contribution in [3.63, 3.8) is 0 Å². The number of rotatable bonds is 4. The molecule has 3 aliphatic rings. The van der Waals surface area contributed by atoms with Crippen molar-refractivity contribution in [2.75, 3.05) is 19.6 Å². The molecule has 0 aromatic rings. The number of hydrogen-bond donors (Lipinski definition) is 3. The summed E-state index contributed by atoms with van der Waals surface area (Å²) in [5.74, 6) is -0.535. The molecule has 1 atom stereocenters. The first-order valence-corrected chi connectivity index (χ1v) is 8.36. The van der Waals surface area contributed by atoms with Crippen LogP contribution in [0.4, 0.5) is 4.79 Å². The maximum atomic E-state index is 12.6. The van der Waals surface area contributed by atoms with Crippen molar-refractivity contribution in [1.82, 2.24) is 20.9 Å². The fourth-order valence-corrected chi connectivity index (χ4v) is 3.61. The quantitative estimate of drug-likeness (QED) is 0.512. The summed E-state index contributed by atoms with van der Waals surface area (Å²) in [7, 11) is 0. The number of amides is 4. The Bertz CT molecular complexity index is 552. The zero-order valence-corrected chi connectivity index (χ0v) is 13.5. The van der Waals surface area contributed by atoms with Crippen LogP contribution in [0.15, 0.2) is 11.6 Å². The van der Waals surface area contributed by atoms with Crippen molar-refractivity contribution in [3.05, 3.63) is 11.6 Å². The van der Waals surface area contributed by atoms with E-state index in [9.17, 15) is 14.4 Å². The van der Waals surface area contributed by atoms with E-state index < -0.39 is 17.6 Å². The van der Waals surface area contributed by atoms with E-state index in [1.807, 2.05) is 0 Å². The van der Waals surface area contributed by atoms with Gasteiger partial charge in [-0.3, -0.25) is 9.59 Å². The molecule has 0 bridgehead atoms. The van der Waals surface area contributed by atoms with Gasteiger partial charge in [-0.15, -0.1) is 0 Å². The Hall–Kier alpha value is -1.89. The van der Waals surface area contributed by atoms with Gasteiger partial charge in [0.1, 0.15) is 11.6 Å². The van der Waals surface area contributed by atoms with Crippen molar-refractivity contribution in [2.45, 2.75) is 50.6 Å². The summed E-state index contributed by atoms with van der Waals surface area (Å²) in [6.45, 7) is 3.81. The first kappa shape index (κ1) is 16.0. The van der Waals surface area contributed by atoms with E-state index in [2.05, 4.69) is 22.0 Å². The van der Waals surface area contributed by atoms with Crippen molar-refractivity contribution in [3.8, 4) is 0 Å². The van der Waals surface area contributed by atoms with Crippen LogP contribution >= 0.6 is 0 Å². The van der Waals surface area contributed by atoms with Gasteiger partial charge in [-0.2, -0.15) is 0 Å². The SMILES string of the molecule is CC(C(=O)NCC1=CCNCC1)N1C(=O)NC2(CCCC2)C1=O. The summed E-state index contributed by atoms with van der Waals surface area (Å²) >= 11 is 0. The fourth-order valence-electron chi connectivity index (χ4n) is 3.61. The van der Waals surface area contributed by atoms with Crippen LogP contribution in [0.2, 0.25) is 0 Å². The lowest BCUT2D eigenvalue weighted by Crippen LogP contribution is -2.50. The summed E-state index contributed by atoms with van der Waals surface area (Å²) in [5.41, 5.74) is 0.414. The molecule has 4 amide bonds. The minimum absolute atomic E-state index is 0.247. The van der Waals surface area contributed by atoms with Crippen LogP contribution in [0.5, 0.6) is 0 Å². The van der Waals surface area contributed by atoms with Crippen LogP contribution in [0.1, 0.15) is 39.0 Å². The van der Waals surface area contributed by atoms with Crippen LogP contribution in [0.25, 0.3) is 0 Å². The minimum Gasteiger partial charge on any atom is -0.351 e. The number of carbonyl (C=O) groups is 3. The van der Waals surface area contributed by atoms with Crippen molar-refractivity contribution in [1.29, 1.82) is 0 Å². The predicted molar refractivity (Wildman–Crippen MR) is 84.6 cm³/mol. The Morgan fingerprint density at radius 3 is 2.78 bits per heavy atom. The van der Waals surface area contributed by atoms with Gasteiger partial charge >= 0.3 is 6.03 Å². The molecule has 2 heterocycles. The van der Waals surface area contributed by atoms with E-state index in [1.54, 1.807) is 6.92 Å². The molecule has 1 unspecified atom stereocenters. The standard InChI is InChI=1S/C16H24N4O3/c1-11(13(21)18-10-12-4-8-17-9-5-12)20-14(22)16(19-15(20)23)6-2-3-7-16/h4,11,17H,2-3,5-10H2,1H3,(H,18,21)(H,19,23). The van der Waals surface area contributed by atoms with E-state index in [4.69, 9.17) is 0 Å². The molecule has 3 N–H and O–H groups in total. The van der Waals surface area contributed by atoms with Gasteiger partial charge in [-0.1, -0.05) is 24.5 Å². The molecule has 2 fully saturated rings. The number of nitrogens with one attached hydrogen (secondary N) is 3. The molecule has 1 spiro atoms. The van der Waals surface area contributed by atoms with Gasteiger partial charge in [0.15, 0.2) is 0 Å². The lowest BCUT2D eigenvalue weighted by molar-refractivity contribution is -0.137. The van der Waals surface area contributed by atoms with E-state index in [0.717, 1.165) is 37.3 Å². The van der Waals surface area contributed by atoms with Gasteiger partial charge < -0.3 is 16.0 Å². The van der Waals surface area contributed by atoms with Crippen LogP contribution in [-0.2, 0) is 9.59 Å². The normalized spacial score (nSPS) is 24.6. The molecule has 0 radical (unpaired) electrons. The minimum atomic E-state index is -0.787. The number of hydrogen-bond acceptors (Lipinski definition) is 4. The van der Waals surface area contributed by atoms with Crippen LogP contribution in [-0.4, -0.2) is 54.0 Å². The summed E-state index contributed by atoms with van der Waals surface area (Å²) in [6.07, 6.45) is 6.17. The van der Waals surface area contributed by atoms with Crippen LogP contribution in [0, 0.1) is 0 Å². The monoisotopic (exact) mass is 320 g/mol. The Morgan fingerprint density at radius 2 is 2.13 bits per heavy atom. The maximum Gasteiger partial charge on any atom is 0.325 e. The molecule has 1 aliphatic carbocycles. The third kappa shape index (κ3) is 2.97. The summed E-state index contributed by atoms with van der Waals surface area (Å²) in [6, 6.07) is -1.23. The molecule has 1 saturated heterocycles. The third-order valence-electron chi connectivity index (χ3n) is 5.06. The van der Waals surface area contributed by atoms with E-state index in [1.165, 1.54) is 5.57 Å². The highest BCUT2D eigenvalue weighted by Crippen LogP contribution is 2.35. The van der Waals surface area contributed by atoms with Gasteiger partial charge in [-0.25, -0.2) is 9.69 Å². The highest BCUT2D eigenvalue weighted by atomic mass is 16.2. The smallest absolute Gasteiger partial charge is 0.325 e. The molecular formula is C16H24N4O3. The summed E-state index contributed by atoms with van der Waals surface area (Å²) < 4.78 is 0. The molecule has 0 aromatic heterocycles. The number of carbonyl (C=O) groups excluding carboxylic acids is 3. The second-order valence-electron chi connectivity index (χ2n) is 6.60. The summed E-state index contributed by atoms with van der Waals surface area (Å²) in [5, 5.41) is 8.86. The third-order valence-corrected chi connectivity index (χ3v) is 5.06. The van der Waals surface area contributed by atoms with Gasteiger partial charge in [0.2, 0.25) is 5.91 Å². The highest BCUT2D eigenvalue weighted by molar-refractivity contribution is 6.09. The Morgan fingerprint density at radius 1 is 1.39 bits per heavy atom.